The number of piperidine rings is 1. The molecule has 1 saturated heterocycles. The minimum absolute atomic E-state index is 0.436. The molecular formula is C18H26N2O. The molecule has 1 aliphatic heterocycles. The first kappa shape index (κ1) is 15.9. The summed E-state index contributed by atoms with van der Waals surface area (Å²) in [5, 5.41) is 8.76. The molecule has 0 aromatic heterocycles. The number of hydrogen-bond donors (Lipinski definition) is 0. The first-order valence-electron chi connectivity index (χ1n) is 7.84. The van der Waals surface area contributed by atoms with Gasteiger partial charge in [0, 0.05) is 6.54 Å². The summed E-state index contributed by atoms with van der Waals surface area (Å²) in [5.41, 5.74) is 1.11. The zero-order valence-corrected chi connectivity index (χ0v) is 13.4. The lowest BCUT2D eigenvalue weighted by Gasteiger charge is -2.38. The van der Waals surface area contributed by atoms with Crippen molar-refractivity contribution in [2.75, 3.05) is 26.2 Å². The molecule has 0 saturated carbocycles. The number of benzene rings is 1. The third-order valence-electron chi connectivity index (χ3n) is 4.47. The zero-order valence-electron chi connectivity index (χ0n) is 13.4. The Bertz CT molecular complexity index is 473. The number of likely N-dealkylation sites (tertiary alicyclic amines) is 1. The van der Waals surface area contributed by atoms with Crippen LogP contribution in [0.25, 0.3) is 0 Å². The van der Waals surface area contributed by atoms with Crippen molar-refractivity contribution in [3.8, 4) is 11.8 Å². The minimum atomic E-state index is 0.436. The van der Waals surface area contributed by atoms with E-state index in [9.17, 15) is 0 Å². The van der Waals surface area contributed by atoms with Crippen LogP contribution in [0.2, 0.25) is 0 Å². The van der Waals surface area contributed by atoms with E-state index in [2.05, 4.69) is 31.7 Å². The van der Waals surface area contributed by atoms with Crippen LogP contribution < -0.4 is 4.74 Å². The molecule has 1 aromatic carbocycles. The Balaban J connectivity index is 1.69. The van der Waals surface area contributed by atoms with Crippen molar-refractivity contribution in [3.05, 3.63) is 29.8 Å². The van der Waals surface area contributed by atoms with Crippen LogP contribution in [0.4, 0.5) is 0 Å². The van der Waals surface area contributed by atoms with Crippen LogP contribution in [-0.2, 0) is 0 Å². The number of hydrogen-bond acceptors (Lipinski definition) is 3. The van der Waals surface area contributed by atoms with E-state index in [-0.39, 0.29) is 0 Å². The highest BCUT2D eigenvalue weighted by Crippen LogP contribution is 2.34. The molecule has 0 N–H and O–H groups in total. The average molecular weight is 286 g/mol. The molecule has 0 unspecified atom stereocenters. The maximum absolute atomic E-state index is 8.76. The van der Waals surface area contributed by atoms with E-state index in [1.54, 1.807) is 12.1 Å². The lowest BCUT2D eigenvalue weighted by molar-refractivity contribution is 0.101. The molecule has 0 aliphatic carbocycles. The fourth-order valence-electron chi connectivity index (χ4n) is 2.94. The van der Waals surface area contributed by atoms with Gasteiger partial charge in [0.2, 0.25) is 0 Å². The molecule has 21 heavy (non-hydrogen) atoms. The largest absolute Gasteiger partial charge is 0.492 e. The van der Waals surface area contributed by atoms with Crippen molar-refractivity contribution >= 4 is 0 Å². The molecule has 0 amide bonds. The normalized spacial score (nSPS) is 17.4. The maximum Gasteiger partial charge on any atom is 0.119 e. The minimum Gasteiger partial charge on any atom is -0.492 e. The molecule has 3 nitrogen and oxygen atoms in total. The lowest BCUT2D eigenvalue weighted by Crippen LogP contribution is -2.39. The molecule has 1 fully saturated rings. The Morgan fingerprint density at radius 2 is 1.81 bits per heavy atom. The second-order valence-corrected chi connectivity index (χ2v) is 6.97. The topological polar surface area (TPSA) is 36.3 Å². The van der Waals surface area contributed by atoms with Gasteiger partial charge in [0.1, 0.15) is 12.4 Å². The summed E-state index contributed by atoms with van der Waals surface area (Å²) in [6.45, 7) is 11.1. The molecule has 1 aromatic rings. The molecule has 0 radical (unpaired) electrons. The van der Waals surface area contributed by atoms with Crippen LogP contribution in [0.15, 0.2) is 24.3 Å². The van der Waals surface area contributed by atoms with E-state index in [1.165, 1.54) is 25.9 Å². The number of ether oxygens (including phenoxy) is 1. The van der Waals surface area contributed by atoms with Crippen molar-refractivity contribution in [1.82, 2.24) is 4.90 Å². The van der Waals surface area contributed by atoms with E-state index in [0.717, 1.165) is 18.2 Å². The second kappa shape index (κ2) is 6.95. The first-order valence-corrected chi connectivity index (χ1v) is 7.84. The van der Waals surface area contributed by atoms with E-state index in [1.807, 2.05) is 12.1 Å². The summed E-state index contributed by atoms with van der Waals surface area (Å²) < 4.78 is 5.75. The molecule has 1 aliphatic rings. The number of nitriles is 1. The summed E-state index contributed by atoms with van der Waals surface area (Å²) >= 11 is 0. The Hall–Kier alpha value is -1.53. The highest BCUT2D eigenvalue weighted by molar-refractivity contribution is 5.34. The Labute approximate surface area is 128 Å². The van der Waals surface area contributed by atoms with Gasteiger partial charge in [-0.05, 0) is 61.5 Å². The number of rotatable bonds is 4. The van der Waals surface area contributed by atoms with Gasteiger partial charge < -0.3 is 4.74 Å². The summed E-state index contributed by atoms with van der Waals surface area (Å²) in [5.74, 6) is 1.69. The van der Waals surface area contributed by atoms with E-state index in [4.69, 9.17) is 10.00 Å². The van der Waals surface area contributed by atoms with Crippen LogP contribution in [0.3, 0.4) is 0 Å². The number of nitrogens with zero attached hydrogens (tertiary/aromatic N) is 2. The predicted octanol–water partition coefficient (Wildman–Crippen LogP) is 3.70. The SMILES string of the molecule is CC(C)(C)C1CCN(CCOc2ccc(C#N)cc2)CC1. The quantitative estimate of drug-likeness (QED) is 0.847. The van der Waals surface area contributed by atoms with Gasteiger partial charge in [-0.1, -0.05) is 20.8 Å². The molecule has 0 bridgehead atoms. The second-order valence-electron chi connectivity index (χ2n) is 6.97. The first-order chi connectivity index (χ1) is 9.99. The molecule has 0 spiro atoms. The zero-order chi connectivity index (χ0) is 15.3. The van der Waals surface area contributed by atoms with Gasteiger partial charge in [-0.25, -0.2) is 0 Å². The van der Waals surface area contributed by atoms with Gasteiger partial charge >= 0.3 is 0 Å². The van der Waals surface area contributed by atoms with Crippen molar-refractivity contribution in [3.63, 3.8) is 0 Å². The molecule has 2 rings (SSSR count). The van der Waals surface area contributed by atoms with Crippen molar-refractivity contribution in [2.45, 2.75) is 33.6 Å². The molecule has 3 heteroatoms. The van der Waals surface area contributed by atoms with Crippen LogP contribution in [0.5, 0.6) is 5.75 Å². The smallest absolute Gasteiger partial charge is 0.119 e. The Kier molecular flexibility index (Phi) is 5.25. The molecule has 114 valence electrons. The predicted molar refractivity (Wildman–Crippen MR) is 85.3 cm³/mol. The van der Waals surface area contributed by atoms with Gasteiger partial charge in [0.25, 0.3) is 0 Å². The molecular weight excluding hydrogens is 260 g/mol. The summed E-state index contributed by atoms with van der Waals surface area (Å²) in [4.78, 5) is 2.49. The van der Waals surface area contributed by atoms with E-state index < -0.39 is 0 Å². The Morgan fingerprint density at radius 1 is 1.19 bits per heavy atom. The maximum atomic E-state index is 8.76. The standard InChI is InChI=1S/C18H26N2O/c1-18(2,3)16-8-10-20(11-9-16)12-13-21-17-6-4-15(14-19)5-7-17/h4-7,16H,8-13H2,1-3H3. The average Bonchev–Trinajstić information content (AvgIpc) is 2.47. The van der Waals surface area contributed by atoms with E-state index in [0.29, 0.717) is 17.6 Å². The highest BCUT2D eigenvalue weighted by atomic mass is 16.5. The van der Waals surface area contributed by atoms with Crippen molar-refractivity contribution in [1.29, 1.82) is 5.26 Å². The van der Waals surface area contributed by atoms with Crippen LogP contribution in [0.1, 0.15) is 39.2 Å². The van der Waals surface area contributed by atoms with Gasteiger partial charge in [-0.15, -0.1) is 0 Å². The highest BCUT2D eigenvalue weighted by Gasteiger charge is 2.28. The van der Waals surface area contributed by atoms with Gasteiger partial charge in [-0.3, -0.25) is 4.90 Å². The summed E-state index contributed by atoms with van der Waals surface area (Å²) in [6.07, 6.45) is 2.58. The fourth-order valence-corrected chi connectivity index (χ4v) is 2.94. The monoisotopic (exact) mass is 286 g/mol. The Morgan fingerprint density at radius 3 is 2.33 bits per heavy atom. The summed E-state index contributed by atoms with van der Waals surface area (Å²) in [6, 6.07) is 9.44. The van der Waals surface area contributed by atoms with E-state index >= 15 is 0 Å². The lowest BCUT2D eigenvalue weighted by atomic mass is 9.75. The van der Waals surface area contributed by atoms with Crippen molar-refractivity contribution < 1.29 is 4.74 Å². The summed E-state index contributed by atoms with van der Waals surface area (Å²) in [7, 11) is 0. The third-order valence-corrected chi connectivity index (χ3v) is 4.47. The molecule has 0 atom stereocenters. The van der Waals surface area contributed by atoms with Crippen LogP contribution in [0, 0.1) is 22.7 Å². The van der Waals surface area contributed by atoms with Crippen LogP contribution in [-0.4, -0.2) is 31.1 Å². The van der Waals surface area contributed by atoms with Gasteiger partial charge in [0.05, 0.1) is 11.6 Å². The third kappa shape index (κ3) is 4.75. The van der Waals surface area contributed by atoms with Crippen molar-refractivity contribution in [2.24, 2.45) is 11.3 Å². The van der Waals surface area contributed by atoms with Gasteiger partial charge in [0.15, 0.2) is 0 Å². The van der Waals surface area contributed by atoms with Gasteiger partial charge in [-0.2, -0.15) is 5.26 Å². The van der Waals surface area contributed by atoms with Crippen LogP contribution >= 0.6 is 0 Å². The fraction of sp³-hybridized carbons (Fsp3) is 0.611. The molecule has 1 heterocycles.